The van der Waals surface area contributed by atoms with Gasteiger partial charge in [-0.3, -0.25) is 14.5 Å². The van der Waals surface area contributed by atoms with E-state index in [1.165, 1.54) is 24.3 Å². The third-order valence-corrected chi connectivity index (χ3v) is 5.31. The number of aryl methyl sites for hydroxylation is 1. The maximum atomic E-state index is 12.5. The average molecular weight is 401 g/mol. The standard InChI is InChI=1S/C18H19N5O4S/c1-23-17(6-7-21-23)14-8-13(9-20-11-14)10-22-28(25,26)16-4-2-15(3-5-16)27-12-18(19)24/h2-9,11,22H,10,12H2,1H3,(H2,19,24). The first-order valence-electron chi connectivity index (χ1n) is 8.28. The molecule has 0 bridgehead atoms. The summed E-state index contributed by atoms with van der Waals surface area (Å²) in [6.07, 6.45) is 4.98. The minimum absolute atomic E-state index is 0.0784. The molecule has 0 unspecified atom stereocenters. The van der Waals surface area contributed by atoms with Crippen LogP contribution in [0.25, 0.3) is 11.3 Å². The van der Waals surface area contributed by atoms with Crippen LogP contribution < -0.4 is 15.2 Å². The number of benzene rings is 1. The topological polar surface area (TPSA) is 129 Å². The van der Waals surface area contributed by atoms with Crippen molar-refractivity contribution in [3.05, 3.63) is 60.6 Å². The maximum absolute atomic E-state index is 12.5. The molecular formula is C18H19N5O4S. The molecule has 1 aromatic carbocycles. The van der Waals surface area contributed by atoms with E-state index in [0.717, 1.165) is 11.3 Å². The van der Waals surface area contributed by atoms with Crippen molar-refractivity contribution in [1.29, 1.82) is 0 Å². The van der Waals surface area contributed by atoms with Crippen LogP contribution in [-0.2, 0) is 28.4 Å². The van der Waals surface area contributed by atoms with Gasteiger partial charge in [0.05, 0.1) is 10.6 Å². The van der Waals surface area contributed by atoms with Crippen molar-refractivity contribution in [2.45, 2.75) is 11.4 Å². The van der Waals surface area contributed by atoms with Gasteiger partial charge in [0.15, 0.2) is 6.61 Å². The van der Waals surface area contributed by atoms with Gasteiger partial charge in [0.2, 0.25) is 10.0 Å². The molecule has 146 valence electrons. The van der Waals surface area contributed by atoms with Crippen LogP contribution in [0.1, 0.15) is 5.56 Å². The van der Waals surface area contributed by atoms with Crippen molar-refractivity contribution in [3.63, 3.8) is 0 Å². The van der Waals surface area contributed by atoms with Gasteiger partial charge < -0.3 is 10.5 Å². The van der Waals surface area contributed by atoms with Crippen molar-refractivity contribution >= 4 is 15.9 Å². The van der Waals surface area contributed by atoms with Crippen molar-refractivity contribution in [1.82, 2.24) is 19.5 Å². The lowest BCUT2D eigenvalue weighted by molar-refractivity contribution is -0.119. The predicted octanol–water partition coefficient (Wildman–Crippen LogP) is 0.825. The molecule has 3 aromatic rings. The Hall–Kier alpha value is -3.24. The number of nitrogens with zero attached hydrogens (tertiary/aromatic N) is 3. The molecular weight excluding hydrogens is 382 g/mol. The van der Waals surface area contributed by atoms with Crippen LogP contribution in [0.4, 0.5) is 0 Å². The molecule has 2 aromatic heterocycles. The van der Waals surface area contributed by atoms with Gasteiger partial charge in [-0.15, -0.1) is 0 Å². The Balaban J connectivity index is 1.68. The smallest absolute Gasteiger partial charge is 0.255 e. The monoisotopic (exact) mass is 401 g/mol. The predicted molar refractivity (Wildman–Crippen MR) is 102 cm³/mol. The van der Waals surface area contributed by atoms with E-state index in [2.05, 4.69) is 14.8 Å². The second kappa shape index (κ2) is 8.19. The molecule has 0 radical (unpaired) electrons. The lowest BCUT2D eigenvalue weighted by Crippen LogP contribution is -2.23. The average Bonchev–Trinajstić information content (AvgIpc) is 3.11. The quantitative estimate of drug-likeness (QED) is 0.575. The Morgan fingerprint density at radius 3 is 2.61 bits per heavy atom. The first-order valence-corrected chi connectivity index (χ1v) is 9.76. The van der Waals surface area contributed by atoms with Crippen LogP contribution in [0.15, 0.2) is 59.9 Å². The van der Waals surface area contributed by atoms with Gasteiger partial charge in [0.25, 0.3) is 5.91 Å². The molecule has 1 amide bonds. The molecule has 28 heavy (non-hydrogen) atoms. The number of ether oxygens (including phenoxy) is 1. The van der Waals surface area contributed by atoms with E-state index < -0.39 is 15.9 Å². The van der Waals surface area contributed by atoms with Gasteiger partial charge in [-0.25, -0.2) is 13.1 Å². The molecule has 0 aliphatic carbocycles. The zero-order valence-corrected chi connectivity index (χ0v) is 15.9. The summed E-state index contributed by atoms with van der Waals surface area (Å²) in [6.45, 7) is -0.189. The number of hydrogen-bond acceptors (Lipinski definition) is 6. The van der Waals surface area contributed by atoms with Crippen molar-refractivity contribution in [2.75, 3.05) is 6.61 Å². The fourth-order valence-electron chi connectivity index (χ4n) is 2.51. The molecule has 0 fully saturated rings. The Morgan fingerprint density at radius 2 is 1.96 bits per heavy atom. The lowest BCUT2D eigenvalue weighted by atomic mass is 10.1. The second-order valence-corrected chi connectivity index (χ2v) is 7.74. The zero-order chi connectivity index (χ0) is 20.1. The third kappa shape index (κ3) is 4.72. The van der Waals surface area contributed by atoms with Gasteiger partial charge in [0.1, 0.15) is 5.75 Å². The van der Waals surface area contributed by atoms with Crippen LogP contribution in [0, 0.1) is 0 Å². The minimum atomic E-state index is -3.72. The van der Waals surface area contributed by atoms with Gasteiger partial charge in [-0.1, -0.05) is 0 Å². The molecule has 2 heterocycles. The Bertz CT molecular complexity index is 1080. The second-order valence-electron chi connectivity index (χ2n) is 5.97. The van der Waals surface area contributed by atoms with E-state index in [1.807, 2.05) is 19.2 Å². The van der Waals surface area contributed by atoms with Crippen LogP contribution in [-0.4, -0.2) is 35.7 Å². The lowest BCUT2D eigenvalue weighted by Gasteiger charge is -2.09. The molecule has 0 saturated carbocycles. The number of carbonyl (C=O) groups excluding carboxylic acids is 1. The fourth-order valence-corrected chi connectivity index (χ4v) is 3.53. The number of nitrogens with two attached hydrogens (primary N) is 1. The van der Waals surface area contributed by atoms with E-state index in [0.29, 0.717) is 11.3 Å². The molecule has 3 rings (SSSR count). The zero-order valence-electron chi connectivity index (χ0n) is 15.1. The number of rotatable bonds is 8. The fraction of sp³-hybridized carbons (Fsp3) is 0.167. The summed E-state index contributed by atoms with van der Waals surface area (Å²) in [6, 6.07) is 9.41. The third-order valence-electron chi connectivity index (χ3n) is 3.89. The Kier molecular flexibility index (Phi) is 5.71. The van der Waals surface area contributed by atoms with Crippen molar-refractivity contribution < 1.29 is 17.9 Å². The minimum Gasteiger partial charge on any atom is -0.484 e. The van der Waals surface area contributed by atoms with Crippen LogP contribution in [0.5, 0.6) is 5.75 Å². The SMILES string of the molecule is Cn1nccc1-c1cncc(CNS(=O)(=O)c2ccc(OCC(N)=O)cc2)c1. The molecule has 10 heteroatoms. The molecule has 0 atom stereocenters. The summed E-state index contributed by atoms with van der Waals surface area (Å²) in [7, 11) is -1.90. The molecule has 9 nitrogen and oxygen atoms in total. The van der Waals surface area contributed by atoms with Crippen molar-refractivity contribution in [2.24, 2.45) is 12.8 Å². The summed E-state index contributed by atoms with van der Waals surface area (Å²) in [5.41, 5.74) is 7.43. The number of pyridine rings is 1. The van der Waals surface area contributed by atoms with Crippen LogP contribution in [0.3, 0.4) is 0 Å². The van der Waals surface area contributed by atoms with E-state index >= 15 is 0 Å². The summed E-state index contributed by atoms with van der Waals surface area (Å²) in [5, 5.41) is 4.12. The number of carbonyl (C=O) groups is 1. The van der Waals surface area contributed by atoms with Gasteiger partial charge in [-0.2, -0.15) is 5.10 Å². The molecule has 0 aliphatic heterocycles. The van der Waals surface area contributed by atoms with E-state index in [9.17, 15) is 13.2 Å². The van der Waals surface area contributed by atoms with E-state index in [1.54, 1.807) is 23.3 Å². The highest BCUT2D eigenvalue weighted by atomic mass is 32.2. The van der Waals surface area contributed by atoms with E-state index in [-0.39, 0.29) is 18.0 Å². The highest BCUT2D eigenvalue weighted by molar-refractivity contribution is 7.89. The molecule has 0 aliphatic rings. The first kappa shape index (κ1) is 19.5. The normalized spacial score (nSPS) is 11.3. The number of sulfonamides is 1. The van der Waals surface area contributed by atoms with Gasteiger partial charge >= 0.3 is 0 Å². The Morgan fingerprint density at radius 1 is 1.21 bits per heavy atom. The maximum Gasteiger partial charge on any atom is 0.255 e. The van der Waals surface area contributed by atoms with Crippen LogP contribution in [0.2, 0.25) is 0 Å². The largest absolute Gasteiger partial charge is 0.484 e. The summed E-state index contributed by atoms with van der Waals surface area (Å²) >= 11 is 0. The first-order chi connectivity index (χ1) is 13.3. The number of primary amides is 1. The summed E-state index contributed by atoms with van der Waals surface area (Å²) in [5.74, 6) is -0.258. The van der Waals surface area contributed by atoms with Gasteiger partial charge in [-0.05, 0) is 42.0 Å². The van der Waals surface area contributed by atoms with Crippen molar-refractivity contribution in [3.8, 4) is 17.0 Å². The molecule has 0 spiro atoms. The highest BCUT2D eigenvalue weighted by Crippen LogP contribution is 2.19. The Labute approximate surface area is 162 Å². The molecule has 0 saturated heterocycles. The van der Waals surface area contributed by atoms with E-state index in [4.69, 9.17) is 10.5 Å². The number of nitrogens with one attached hydrogen (secondary N) is 1. The summed E-state index contributed by atoms with van der Waals surface area (Å²) in [4.78, 5) is 15.0. The summed E-state index contributed by atoms with van der Waals surface area (Å²) < 4.78 is 34.4. The van der Waals surface area contributed by atoms with Gasteiger partial charge in [0, 0.05) is 37.7 Å². The van der Waals surface area contributed by atoms with Crippen LogP contribution >= 0.6 is 0 Å². The highest BCUT2D eigenvalue weighted by Gasteiger charge is 2.14. The number of hydrogen-bond donors (Lipinski definition) is 2. The number of aromatic nitrogens is 3. The number of amides is 1. The molecule has 3 N–H and O–H groups in total.